The molecule has 0 aliphatic carbocycles. The summed E-state index contributed by atoms with van der Waals surface area (Å²) in [6, 6.07) is 11.3. The van der Waals surface area contributed by atoms with Gasteiger partial charge in [-0.05, 0) is 12.1 Å². The van der Waals surface area contributed by atoms with Crippen molar-refractivity contribution in [3.05, 3.63) is 48.8 Å². The molecule has 2 N–H and O–H groups in total. The summed E-state index contributed by atoms with van der Waals surface area (Å²) in [5, 5.41) is 0.718. The van der Waals surface area contributed by atoms with Crippen LogP contribution in [0.15, 0.2) is 53.9 Å². The van der Waals surface area contributed by atoms with Crippen molar-refractivity contribution in [2.45, 2.75) is 5.16 Å². The number of thioether (sulfide) groups is 1. The zero-order valence-corrected chi connectivity index (χ0v) is 12.5. The third-order valence-electron chi connectivity index (χ3n) is 2.94. The minimum Gasteiger partial charge on any atom is -0.333 e. The number of pyridine rings is 1. The molecular formula is C15H14N5OS+. The number of hydrogen-bond acceptors (Lipinski definition) is 4. The molecule has 0 saturated carbocycles. The van der Waals surface area contributed by atoms with Gasteiger partial charge in [0.25, 0.3) is 5.91 Å². The van der Waals surface area contributed by atoms with Crippen LogP contribution >= 0.6 is 11.8 Å². The molecule has 22 heavy (non-hydrogen) atoms. The average Bonchev–Trinajstić information content (AvgIpc) is 2.96. The van der Waals surface area contributed by atoms with Gasteiger partial charge in [0.1, 0.15) is 0 Å². The molecular weight excluding hydrogens is 298 g/mol. The molecule has 0 bridgehead atoms. The van der Waals surface area contributed by atoms with E-state index in [0.717, 1.165) is 21.9 Å². The van der Waals surface area contributed by atoms with E-state index in [9.17, 15) is 4.79 Å². The van der Waals surface area contributed by atoms with E-state index in [1.165, 1.54) is 16.4 Å². The van der Waals surface area contributed by atoms with Gasteiger partial charge >= 0.3 is 0 Å². The van der Waals surface area contributed by atoms with Crippen molar-refractivity contribution in [3.63, 3.8) is 0 Å². The Morgan fingerprint density at radius 2 is 2.05 bits per heavy atom. The Morgan fingerprint density at radius 3 is 2.82 bits per heavy atom. The van der Waals surface area contributed by atoms with Crippen LogP contribution < -0.4 is 5.43 Å². The third-order valence-corrected chi connectivity index (χ3v) is 3.82. The lowest BCUT2D eigenvalue weighted by Crippen LogP contribution is -2.32. The van der Waals surface area contributed by atoms with E-state index >= 15 is 0 Å². The maximum atomic E-state index is 11.9. The highest BCUT2D eigenvalue weighted by atomic mass is 32.2. The number of H-pyrrole nitrogens is 1. The lowest BCUT2D eigenvalue weighted by Gasteiger charge is -2.01. The molecule has 6 nitrogen and oxygen atoms in total. The van der Waals surface area contributed by atoms with Crippen LogP contribution in [0, 0.1) is 0 Å². The van der Waals surface area contributed by atoms with Gasteiger partial charge in [-0.2, -0.15) is 0 Å². The number of carbonyl (C=O) groups is 1. The third kappa shape index (κ3) is 3.32. The van der Waals surface area contributed by atoms with Gasteiger partial charge < -0.3 is 4.98 Å². The van der Waals surface area contributed by atoms with Crippen molar-refractivity contribution in [3.8, 4) is 0 Å². The molecule has 7 heteroatoms. The predicted octanol–water partition coefficient (Wildman–Crippen LogP) is 2.13. The molecule has 3 aromatic rings. The van der Waals surface area contributed by atoms with Crippen LogP contribution in [0.2, 0.25) is 0 Å². The van der Waals surface area contributed by atoms with Gasteiger partial charge in [0.2, 0.25) is 5.69 Å². The first-order valence-electron chi connectivity index (χ1n) is 6.60. The standard InChI is InChI=1S/C15H13N5OS/c1-20(11-6-8-16-9-7-11)19-14(21)10-22-15-17-12-4-2-3-5-13(12)18-15/h2-9H,1,10H2,(H-,17,18,19,21)/p+1. The maximum Gasteiger partial charge on any atom is 0.285 e. The summed E-state index contributed by atoms with van der Waals surface area (Å²) in [5.41, 5.74) is 5.30. The number of nitrogens with one attached hydrogen (secondary N) is 2. The number of hydrazine groups is 1. The van der Waals surface area contributed by atoms with Gasteiger partial charge in [-0.3, -0.25) is 9.78 Å². The molecule has 0 saturated heterocycles. The van der Waals surface area contributed by atoms with Crippen LogP contribution in [-0.4, -0.2) is 38.0 Å². The second-order valence-electron chi connectivity index (χ2n) is 4.52. The highest BCUT2D eigenvalue weighted by Gasteiger charge is 2.12. The summed E-state index contributed by atoms with van der Waals surface area (Å²) in [4.78, 5) is 23.4. The minimum atomic E-state index is -0.155. The van der Waals surface area contributed by atoms with Crippen LogP contribution in [0.5, 0.6) is 0 Å². The molecule has 0 aliphatic heterocycles. The van der Waals surface area contributed by atoms with Crippen LogP contribution in [0.1, 0.15) is 0 Å². The molecule has 1 amide bonds. The molecule has 3 rings (SSSR count). The molecule has 0 fully saturated rings. The molecule has 2 aromatic heterocycles. The number of carbonyl (C=O) groups excluding carboxylic acids is 1. The van der Waals surface area contributed by atoms with Crippen molar-refractivity contribution >= 4 is 41.1 Å². The summed E-state index contributed by atoms with van der Waals surface area (Å²) in [6.07, 6.45) is 3.28. The number of aromatic amines is 1. The molecule has 2 heterocycles. The Morgan fingerprint density at radius 1 is 1.27 bits per heavy atom. The smallest absolute Gasteiger partial charge is 0.285 e. The fraction of sp³-hybridized carbons (Fsp3) is 0.0667. The average molecular weight is 312 g/mol. The fourth-order valence-corrected chi connectivity index (χ4v) is 2.58. The molecule has 1 aromatic carbocycles. The molecule has 0 unspecified atom stereocenters. The van der Waals surface area contributed by atoms with E-state index in [-0.39, 0.29) is 11.7 Å². The maximum absolute atomic E-state index is 11.9. The molecule has 0 spiro atoms. The van der Waals surface area contributed by atoms with Gasteiger partial charge in [0.05, 0.1) is 16.8 Å². The number of amides is 1. The van der Waals surface area contributed by atoms with Gasteiger partial charge in [-0.1, -0.05) is 28.6 Å². The topological polar surface area (TPSA) is 73.7 Å². The van der Waals surface area contributed by atoms with Crippen molar-refractivity contribution in [2.24, 2.45) is 0 Å². The highest BCUT2D eigenvalue weighted by molar-refractivity contribution is 7.99. The zero-order chi connectivity index (χ0) is 15.4. The van der Waals surface area contributed by atoms with Gasteiger partial charge in [0.15, 0.2) is 11.9 Å². The number of rotatable bonds is 5. The van der Waals surface area contributed by atoms with Crippen molar-refractivity contribution < 1.29 is 9.48 Å². The van der Waals surface area contributed by atoms with Crippen molar-refractivity contribution in [1.29, 1.82) is 0 Å². The SMILES string of the molecule is C=[N+](NC(=O)CSc1nc2ccccc2[nH]1)c1ccncc1. The van der Waals surface area contributed by atoms with E-state index in [2.05, 4.69) is 27.1 Å². The zero-order valence-electron chi connectivity index (χ0n) is 11.7. The van der Waals surface area contributed by atoms with E-state index in [0.29, 0.717) is 0 Å². The summed E-state index contributed by atoms with van der Waals surface area (Å²) in [7, 11) is 0. The Kier molecular flexibility index (Phi) is 4.15. The fourth-order valence-electron chi connectivity index (χ4n) is 1.90. The van der Waals surface area contributed by atoms with E-state index in [1.807, 2.05) is 24.3 Å². The Balaban J connectivity index is 1.57. The minimum absolute atomic E-state index is 0.155. The van der Waals surface area contributed by atoms with E-state index < -0.39 is 0 Å². The second-order valence-corrected chi connectivity index (χ2v) is 5.48. The van der Waals surface area contributed by atoms with Gasteiger partial charge in [0, 0.05) is 24.5 Å². The number of fused-ring (bicyclic) bond motifs is 1. The number of nitrogens with zero attached hydrogens (tertiary/aromatic N) is 3. The lowest BCUT2D eigenvalue weighted by atomic mass is 10.3. The number of hydrogen-bond donors (Lipinski definition) is 2. The first-order chi connectivity index (χ1) is 10.7. The normalized spacial score (nSPS) is 10.5. The molecule has 0 radical (unpaired) electrons. The number of imidazole rings is 1. The number of aromatic nitrogens is 3. The van der Waals surface area contributed by atoms with Crippen LogP contribution in [-0.2, 0) is 4.79 Å². The molecule has 0 atom stereocenters. The number of benzene rings is 1. The molecule has 0 aliphatic rings. The summed E-state index contributed by atoms with van der Waals surface area (Å²) >= 11 is 1.35. The van der Waals surface area contributed by atoms with Crippen LogP contribution in [0.25, 0.3) is 11.0 Å². The quantitative estimate of drug-likeness (QED) is 0.327. The van der Waals surface area contributed by atoms with Crippen LogP contribution in [0.4, 0.5) is 5.69 Å². The van der Waals surface area contributed by atoms with E-state index in [4.69, 9.17) is 0 Å². The Labute approximate surface area is 131 Å². The van der Waals surface area contributed by atoms with Gasteiger partial charge in [-0.25, -0.2) is 4.98 Å². The van der Waals surface area contributed by atoms with E-state index in [1.54, 1.807) is 24.5 Å². The summed E-state index contributed by atoms with van der Waals surface area (Å²) < 4.78 is 1.42. The second kappa shape index (κ2) is 6.40. The number of para-hydroxylation sites is 2. The van der Waals surface area contributed by atoms with Crippen molar-refractivity contribution in [1.82, 2.24) is 20.4 Å². The summed E-state index contributed by atoms with van der Waals surface area (Å²) in [5.74, 6) is 0.0916. The highest BCUT2D eigenvalue weighted by Crippen LogP contribution is 2.18. The lowest BCUT2D eigenvalue weighted by molar-refractivity contribution is -0.483. The van der Waals surface area contributed by atoms with Crippen molar-refractivity contribution in [2.75, 3.05) is 5.75 Å². The summed E-state index contributed by atoms with van der Waals surface area (Å²) in [6.45, 7) is 3.78. The predicted molar refractivity (Wildman–Crippen MR) is 86.2 cm³/mol. The van der Waals surface area contributed by atoms with Crippen LogP contribution in [0.3, 0.4) is 0 Å². The number of hydrazone groups is 1. The Bertz CT molecular complexity index is 782. The largest absolute Gasteiger partial charge is 0.333 e. The molecule has 110 valence electrons. The first kappa shape index (κ1) is 14.3. The Hall–Kier alpha value is -2.67. The van der Waals surface area contributed by atoms with Gasteiger partial charge in [-0.15, -0.1) is 5.43 Å². The first-order valence-corrected chi connectivity index (χ1v) is 7.58. The monoisotopic (exact) mass is 312 g/mol.